The number of nitrogens with zero attached hydrogens (tertiary/aromatic N) is 2. The minimum Gasteiger partial charge on any atom is -0.480 e. The summed E-state index contributed by atoms with van der Waals surface area (Å²) in [7, 11) is -3.93. The highest BCUT2D eigenvalue weighted by molar-refractivity contribution is 7.89. The van der Waals surface area contributed by atoms with Crippen LogP contribution in [0.4, 0.5) is 0 Å². The van der Waals surface area contributed by atoms with Gasteiger partial charge in [0.15, 0.2) is 5.03 Å². The van der Waals surface area contributed by atoms with Gasteiger partial charge in [-0.1, -0.05) is 6.92 Å². The Balaban J connectivity index is 3.05. The Bertz CT molecular complexity index is 537. The van der Waals surface area contributed by atoms with Crippen molar-refractivity contribution < 1.29 is 18.3 Å². The van der Waals surface area contributed by atoms with Crippen LogP contribution in [0, 0.1) is 0 Å². The third-order valence-corrected chi connectivity index (χ3v) is 4.27. The van der Waals surface area contributed by atoms with Gasteiger partial charge in [-0.2, -0.15) is 4.72 Å². The second-order valence-corrected chi connectivity index (χ2v) is 5.77. The van der Waals surface area contributed by atoms with Crippen LogP contribution in [0.15, 0.2) is 17.6 Å². The van der Waals surface area contributed by atoms with E-state index in [2.05, 4.69) is 9.71 Å². The minimum absolute atomic E-state index is 0.135. The van der Waals surface area contributed by atoms with Gasteiger partial charge in [0.05, 0.1) is 6.33 Å². The predicted octanol–water partition coefficient (Wildman–Crippen LogP) is 0.435. The molecule has 2 N–H and O–H groups in total. The maximum atomic E-state index is 12.0. The highest BCUT2D eigenvalue weighted by atomic mass is 32.2. The topological polar surface area (TPSA) is 101 Å². The molecule has 1 aromatic rings. The second-order valence-electron chi connectivity index (χ2n) is 4.14. The van der Waals surface area contributed by atoms with E-state index in [1.54, 1.807) is 11.5 Å². The fraction of sp³-hybridized carbons (Fsp3) is 0.600. The molecule has 0 aliphatic rings. The minimum atomic E-state index is -3.93. The SMILES string of the molecule is CCn1cnc(S(=O)(=O)NC(C)(CC)C(=O)O)c1. The largest absolute Gasteiger partial charge is 0.480 e. The summed E-state index contributed by atoms with van der Waals surface area (Å²) in [5, 5.41) is 8.87. The third-order valence-electron chi connectivity index (χ3n) is 2.79. The lowest BCUT2D eigenvalue weighted by molar-refractivity contribution is -0.143. The molecule has 8 heteroatoms. The molecule has 1 heterocycles. The molecule has 1 aromatic heterocycles. The Labute approximate surface area is 106 Å². The molecule has 0 saturated carbocycles. The summed E-state index contributed by atoms with van der Waals surface area (Å²) in [6, 6.07) is 0. The van der Waals surface area contributed by atoms with Crippen molar-refractivity contribution in [1.29, 1.82) is 0 Å². The van der Waals surface area contributed by atoms with E-state index in [0.29, 0.717) is 6.54 Å². The molecule has 0 aliphatic carbocycles. The highest BCUT2D eigenvalue weighted by Crippen LogP contribution is 2.15. The standard InChI is InChI=1S/C10H17N3O4S/c1-4-10(3,9(14)15)12-18(16,17)8-6-13(5-2)7-11-8/h6-7,12H,4-5H2,1-3H3,(H,14,15). The summed E-state index contributed by atoms with van der Waals surface area (Å²) >= 11 is 0. The smallest absolute Gasteiger partial charge is 0.324 e. The fourth-order valence-electron chi connectivity index (χ4n) is 1.27. The number of aliphatic carboxylic acids is 1. The van der Waals surface area contributed by atoms with Gasteiger partial charge in [0.25, 0.3) is 10.0 Å². The van der Waals surface area contributed by atoms with Crippen molar-refractivity contribution in [1.82, 2.24) is 14.3 Å². The summed E-state index contributed by atoms with van der Waals surface area (Å²) in [6.07, 6.45) is 2.88. The third kappa shape index (κ3) is 2.88. The zero-order chi connectivity index (χ0) is 14.0. The van der Waals surface area contributed by atoms with Gasteiger partial charge in [0.2, 0.25) is 0 Å². The number of carbonyl (C=O) groups is 1. The molecule has 102 valence electrons. The molecule has 7 nitrogen and oxygen atoms in total. The van der Waals surface area contributed by atoms with Crippen molar-refractivity contribution in [2.75, 3.05) is 0 Å². The molecule has 1 unspecified atom stereocenters. The quantitative estimate of drug-likeness (QED) is 0.784. The number of sulfonamides is 1. The maximum absolute atomic E-state index is 12.0. The van der Waals surface area contributed by atoms with Crippen molar-refractivity contribution in [3.63, 3.8) is 0 Å². The van der Waals surface area contributed by atoms with E-state index in [1.165, 1.54) is 19.4 Å². The number of nitrogens with one attached hydrogen (secondary N) is 1. The fourth-order valence-corrected chi connectivity index (χ4v) is 2.66. The molecule has 0 radical (unpaired) electrons. The average molecular weight is 275 g/mol. The van der Waals surface area contributed by atoms with Gasteiger partial charge >= 0.3 is 5.97 Å². The van der Waals surface area contributed by atoms with Crippen LogP contribution in [0.2, 0.25) is 0 Å². The number of hydrogen-bond donors (Lipinski definition) is 2. The number of carboxylic acids is 1. The monoisotopic (exact) mass is 275 g/mol. The molecular formula is C10H17N3O4S. The molecule has 0 spiro atoms. The summed E-state index contributed by atoms with van der Waals surface area (Å²) in [4.78, 5) is 14.8. The van der Waals surface area contributed by atoms with Gasteiger partial charge < -0.3 is 9.67 Å². The molecule has 0 aromatic carbocycles. The van der Waals surface area contributed by atoms with E-state index >= 15 is 0 Å². The van der Waals surface area contributed by atoms with Crippen molar-refractivity contribution >= 4 is 16.0 Å². The lowest BCUT2D eigenvalue weighted by atomic mass is 10.0. The van der Waals surface area contributed by atoms with Crippen LogP contribution in [-0.2, 0) is 21.4 Å². The van der Waals surface area contributed by atoms with Crippen molar-refractivity contribution in [3.8, 4) is 0 Å². The first-order chi connectivity index (χ1) is 8.25. The Morgan fingerprint density at radius 2 is 2.17 bits per heavy atom. The van der Waals surface area contributed by atoms with Crippen LogP contribution in [0.25, 0.3) is 0 Å². The molecule has 0 fully saturated rings. The zero-order valence-corrected chi connectivity index (χ0v) is 11.4. The summed E-state index contributed by atoms with van der Waals surface area (Å²) in [6.45, 7) is 5.36. The Hall–Kier alpha value is -1.41. The molecule has 18 heavy (non-hydrogen) atoms. The van der Waals surface area contributed by atoms with E-state index < -0.39 is 21.5 Å². The second kappa shape index (κ2) is 5.07. The van der Waals surface area contributed by atoms with E-state index in [9.17, 15) is 13.2 Å². The van der Waals surface area contributed by atoms with Crippen LogP contribution in [0.1, 0.15) is 27.2 Å². The first-order valence-corrected chi connectivity index (χ1v) is 7.02. The van der Waals surface area contributed by atoms with Crippen LogP contribution >= 0.6 is 0 Å². The van der Waals surface area contributed by atoms with Crippen molar-refractivity contribution in [3.05, 3.63) is 12.5 Å². The number of aromatic nitrogens is 2. The average Bonchev–Trinajstić information content (AvgIpc) is 2.77. The van der Waals surface area contributed by atoms with Crippen LogP contribution in [0.3, 0.4) is 0 Å². The van der Waals surface area contributed by atoms with E-state index in [-0.39, 0.29) is 11.4 Å². The lowest BCUT2D eigenvalue weighted by Crippen LogP contribution is -2.51. The lowest BCUT2D eigenvalue weighted by Gasteiger charge is -2.23. The van der Waals surface area contributed by atoms with E-state index in [1.807, 2.05) is 6.92 Å². The number of aryl methyl sites for hydroxylation is 1. The van der Waals surface area contributed by atoms with Crippen molar-refractivity contribution in [2.45, 2.75) is 44.3 Å². The van der Waals surface area contributed by atoms with Gasteiger partial charge in [-0.15, -0.1) is 0 Å². The molecule has 1 rings (SSSR count). The first-order valence-electron chi connectivity index (χ1n) is 5.54. The van der Waals surface area contributed by atoms with Gasteiger partial charge in [0, 0.05) is 12.7 Å². The molecule has 0 amide bonds. The Morgan fingerprint density at radius 1 is 1.56 bits per heavy atom. The first kappa shape index (κ1) is 14.7. The number of imidazole rings is 1. The zero-order valence-electron chi connectivity index (χ0n) is 10.5. The molecule has 1 atom stereocenters. The molecule has 0 saturated heterocycles. The molecular weight excluding hydrogens is 258 g/mol. The normalized spacial score (nSPS) is 15.3. The predicted molar refractivity (Wildman–Crippen MR) is 64.6 cm³/mol. The summed E-state index contributed by atoms with van der Waals surface area (Å²) in [5.74, 6) is -1.22. The van der Waals surface area contributed by atoms with Gasteiger partial charge in [-0.25, -0.2) is 13.4 Å². The maximum Gasteiger partial charge on any atom is 0.324 e. The van der Waals surface area contributed by atoms with Gasteiger partial charge in [0.1, 0.15) is 5.54 Å². The summed E-state index contributed by atoms with van der Waals surface area (Å²) < 4.78 is 27.7. The van der Waals surface area contributed by atoms with Crippen molar-refractivity contribution in [2.24, 2.45) is 0 Å². The van der Waals surface area contributed by atoms with E-state index in [0.717, 1.165) is 0 Å². The Morgan fingerprint density at radius 3 is 2.56 bits per heavy atom. The van der Waals surface area contributed by atoms with E-state index in [4.69, 9.17) is 5.11 Å². The Kier molecular flexibility index (Phi) is 4.12. The van der Waals surface area contributed by atoms with Crippen LogP contribution in [-0.4, -0.2) is 34.6 Å². The highest BCUT2D eigenvalue weighted by Gasteiger charge is 2.36. The van der Waals surface area contributed by atoms with Gasteiger partial charge in [-0.05, 0) is 20.3 Å². The molecule has 0 bridgehead atoms. The number of hydrogen-bond acceptors (Lipinski definition) is 4. The van der Waals surface area contributed by atoms with Gasteiger partial charge in [-0.3, -0.25) is 4.79 Å². The number of rotatable bonds is 6. The van der Waals surface area contributed by atoms with Crippen LogP contribution < -0.4 is 4.72 Å². The number of carboxylic acid groups (broad SMARTS) is 1. The van der Waals surface area contributed by atoms with Crippen LogP contribution in [0.5, 0.6) is 0 Å². The molecule has 0 aliphatic heterocycles. The summed E-state index contributed by atoms with van der Waals surface area (Å²) in [5.41, 5.74) is -1.53.